The van der Waals surface area contributed by atoms with Crippen LogP contribution in [0.4, 0.5) is 0 Å². The van der Waals surface area contributed by atoms with Gasteiger partial charge in [-0.1, -0.05) is 11.3 Å². The van der Waals surface area contributed by atoms with E-state index in [0.717, 1.165) is 27.7 Å². The zero-order chi connectivity index (χ0) is 16.8. The van der Waals surface area contributed by atoms with Crippen LogP contribution in [0, 0.1) is 0 Å². The lowest BCUT2D eigenvalue weighted by Gasteiger charge is -2.08. The SMILES string of the molecule is COc1nc(Cl)nn2ccc(-c3ccc4nnn(C(C)C)c4c3)c12. The lowest BCUT2D eigenvalue weighted by atomic mass is 10.1. The molecule has 0 saturated heterocycles. The van der Waals surface area contributed by atoms with Crippen molar-refractivity contribution < 1.29 is 4.74 Å². The Bertz CT molecular complexity index is 1050. The maximum absolute atomic E-state index is 5.93. The van der Waals surface area contributed by atoms with Crippen LogP contribution < -0.4 is 4.74 Å². The second-order valence-corrected chi connectivity index (χ2v) is 6.08. The van der Waals surface area contributed by atoms with Gasteiger partial charge in [-0.3, -0.25) is 0 Å². The number of ether oxygens (including phenoxy) is 1. The Hall–Kier alpha value is -2.67. The lowest BCUT2D eigenvalue weighted by Crippen LogP contribution is -2.02. The Morgan fingerprint density at radius 1 is 1.21 bits per heavy atom. The molecule has 1 aromatic carbocycles. The Labute approximate surface area is 142 Å². The minimum atomic E-state index is 0.138. The topological polar surface area (TPSA) is 70.1 Å². The molecule has 0 saturated carbocycles. The third-order valence-electron chi connectivity index (χ3n) is 3.92. The number of nitrogens with zero attached hydrogens (tertiary/aromatic N) is 6. The fourth-order valence-electron chi connectivity index (χ4n) is 2.83. The van der Waals surface area contributed by atoms with E-state index in [1.807, 2.05) is 29.1 Å². The van der Waals surface area contributed by atoms with E-state index in [1.165, 1.54) is 0 Å². The minimum Gasteiger partial charge on any atom is -0.479 e. The zero-order valence-corrected chi connectivity index (χ0v) is 14.2. The maximum atomic E-state index is 5.93. The Morgan fingerprint density at radius 2 is 2.04 bits per heavy atom. The van der Waals surface area contributed by atoms with Gasteiger partial charge in [0.2, 0.25) is 11.2 Å². The van der Waals surface area contributed by atoms with E-state index in [1.54, 1.807) is 11.6 Å². The van der Waals surface area contributed by atoms with Gasteiger partial charge < -0.3 is 4.74 Å². The number of hydrogen-bond donors (Lipinski definition) is 0. The molecule has 24 heavy (non-hydrogen) atoms. The smallest absolute Gasteiger partial charge is 0.244 e. The van der Waals surface area contributed by atoms with Gasteiger partial charge >= 0.3 is 0 Å². The summed E-state index contributed by atoms with van der Waals surface area (Å²) in [6, 6.07) is 8.23. The van der Waals surface area contributed by atoms with Crippen LogP contribution in [0.15, 0.2) is 30.5 Å². The van der Waals surface area contributed by atoms with E-state index < -0.39 is 0 Å². The number of fused-ring (bicyclic) bond motifs is 2. The van der Waals surface area contributed by atoms with E-state index in [2.05, 4.69) is 40.3 Å². The monoisotopic (exact) mass is 342 g/mol. The second kappa shape index (κ2) is 5.45. The Kier molecular flexibility index (Phi) is 3.38. The molecule has 0 aliphatic rings. The molecule has 0 aliphatic heterocycles. The molecule has 0 spiro atoms. The number of rotatable bonds is 3. The van der Waals surface area contributed by atoms with Crippen molar-refractivity contribution >= 4 is 28.2 Å². The van der Waals surface area contributed by atoms with Crippen LogP contribution in [0.3, 0.4) is 0 Å². The quantitative estimate of drug-likeness (QED) is 0.570. The molecule has 0 aliphatic carbocycles. The third-order valence-corrected chi connectivity index (χ3v) is 4.08. The Balaban J connectivity index is 1.97. The summed E-state index contributed by atoms with van der Waals surface area (Å²) in [5.74, 6) is 0.436. The van der Waals surface area contributed by atoms with Crippen molar-refractivity contribution in [3.63, 3.8) is 0 Å². The maximum Gasteiger partial charge on any atom is 0.244 e. The van der Waals surface area contributed by atoms with Crippen LogP contribution in [0.2, 0.25) is 5.28 Å². The third kappa shape index (κ3) is 2.20. The average Bonchev–Trinajstić information content (AvgIpc) is 3.16. The van der Waals surface area contributed by atoms with Crippen LogP contribution >= 0.6 is 11.6 Å². The highest BCUT2D eigenvalue weighted by Gasteiger charge is 2.16. The number of aromatic nitrogens is 6. The largest absolute Gasteiger partial charge is 0.479 e. The molecule has 3 aromatic heterocycles. The first kappa shape index (κ1) is 14.9. The summed E-state index contributed by atoms with van der Waals surface area (Å²) in [5, 5.41) is 12.8. The minimum absolute atomic E-state index is 0.138. The van der Waals surface area contributed by atoms with Crippen LogP contribution in [-0.2, 0) is 0 Å². The summed E-state index contributed by atoms with van der Waals surface area (Å²) in [6.07, 6.45) is 1.84. The molecule has 4 aromatic rings. The first-order valence-electron chi connectivity index (χ1n) is 7.52. The van der Waals surface area contributed by atoms with Crippen molar-refractivity contribution in [1.82, 2.24) is 29.6 Å². The van der Waals surface area contributed by atoms with E-state index in [4.69, 9.17) is 16.3 Å². The van der Waals surface area contributed by atoms with Crippen LogP contribution in [-0.4, -0.2) is 36.7 Å². The second-order valence-electron chi connectivity index (χ2n) is 5.74. The standard InChI is InChI=1S/C16H15ClN6O/c1-9(2)23-13-8-10(4-5-12(13)19-21-23)11-6-7-22-14(11)15(24-3)18-16(17)20-22/h4-9H,1-3H3. The summed E-state index contributed by atoms with van der Waals surface area (Å²) in [5.41, 5.74) is 4.59. The van der Waals surface area contributed by atoms with Gasteiger partial charge in [0.15, 0.2) is 0 Å². The normalized spacial score (nSPS) is 11.7. The first-order chi connectivity index (χ1) is 11.6. The highest BCUT2D eigenvalue weighted by molar-refractivity contribution is 6.28. The number of halogens is 1. The van der Waals surface area contributed by atoms with Gasteiger partial charge in [-0.2, -0.15) is 4.98 Å². The van der Waals surface area contributed by atoms with Gasteiger partial charge in [-0.25, -0.2) is 9.20 Å². The molecule has 3 heterocycles. The van der Waals surface area contributed by atoms with Crippen molar-refractivity contribution in [2.75, 3.05) is 7.11 Å². The fraction of sp³-hybridized carbons (Fsp3) is 0.250. The van der Waals surface area contributed by atoms with E-state index >= 15 is 0 Å². The summed E-state index contributed by atoms with van der Waals surface area (Å²) in [6.45, 7) is 4.15. The van der Waals surface area contributed by atoms with Gasteiger partial charge in [-0.05, 0) is 49.2 Å². The van der Waals surface area contributed by atoms with Gasteiger partial charge in [0, 0.05) is 17.8 Å². The van der Waals surface area contributed by atoms with Gasteiger partial charge in [-0.15, -0.1) is 10.2 Å². The van der Waals surface area contributed by atoms with E-state index in [0.29, 0.717) is 5.88 Å². The summed E-state index contributed by atoms with van der Waals surface area (Å²) in [7, 11) is 1.57. The average molecular weight is 343 g/mol. The molecular weight excluding hydrogens is 328 g/mol. The Morgan fingerprint density at radius 3 is 2.79 bits per heavy atom. The molecule has 8 heteroatoms. The van der Waals surface area contributed by atoms with Crippen molar-refractivity contribution in [3.8, 4) is 17.0 Å². The number of methoxy groups -OCH3 is 1. The van der Waals surface area contributed by atoms with Gasteiger partial charge in [0.25, 0.3) is 0 Å². The molecule has 0 bridgehead atoms. The number of benzene rings is 1. The van der Waals surface area contributed by atoms with E-state index in [9.17, 15) is 0 Å². The summed E-state index contributed by atoms with van der Waals surface area (Å²) >= 11 is 5.93. The van der Waals surface area contributed by atoms with Crippen LogP contribution in [0.5, 0.6) is 5.88 Å². The molecule has 0 fully saturated rings. The number of hydrogen-bond acceptors (Lipinski definition) is 5. The molecule has 0 unspecified atom stereocenters. The van der Waals surface area contributed by atoms with Crippen molar-refractivity contribution in [2.24, 2.45) is 0 Å². The zero-order valence-electron chi connectivity index (χ0n) is 13.4. The molecule has 122 valence electrons. The highest BCUT2D eigenvalue weighted by Crippen LogP contribution is 2.33. The molecular formula is C16H15ClN6O. The van der Waals surface area contributed by atoms with Crippen LogP contribution in [0.25, 0.3) is 27.7 Å². The summed E-state index contributed by atoms with van der Waals surface area (Å²) in [4.78, 5) is 4.16. The summed E-state index contributed by atoms with van der Waals surface area (Å²) < 4.78 is 8.95. The van der Waals surface area contributed by atoms with Gasteiger partial charge in [0.1, 0.15) is 11.0 Å². The van der Waals surface area contributed by atoms with Crippen molar-refractivity contribution in [3.05, 3.63) is 35.7 Å². The van der Waals surface area contributed by atoms with Crippen LogP contribution in [0.1, 0.15) is 19.9 Å². The van der Waals surface area contributed by atoms with Gasteiger partial charge in [0.05, 0.1) is 12.6 Å². The molecule has 0 radical (unpaired) electrons. The predicted octanol–water partition coefficient (Wildman–Crippen LogP) is 3.38. The van der Waals surface area contributed by atoms with Crippen molar-refractivity contribution in [1.29, 1.82) is 0 Å². The fourth-order valence-corrected chi connectivity index (χ4v) is 2.99. The first-order valence-corrected chi connectivity index (χ1v) is 7.90. The highest BCUT2D eigenvalue weighted by atomic mass is 35.5. The predicted molar refractivity (Wildman–Crippen MR) is 91.5 cm³/mol. The molecule has 0 amide bonds. The lowest BCUT2D eigenvalue weighted by molar-refractivity contribution is 0.399. The molecule has 7 nitrogen and oxygen atoms in total. The molecule has 4 rings (SSSR count). The molecule has 0 N–H and O–H groups in total. The van der Waals surface area contributed by atoms with Crippen molar-refractivity contribution in [2.45, 2.75) is 19.9 Å². The van der Waals surface area contributed by atoms with E-state index in [-0.39, 0.29) is 11.3 Å². The molecule has 0 atom stereocenters.